The summed E-state index contributed by atoms with van der Waals surface area (Å²) in [5.41, 5.74) is 2.68. The lowest BCUT2D eigenvalue weighted by Gasteiger charge is -2.09. The fourth-order valence-electron chi connectivity index (χ4n) is 1.96. The van der Waals surface area contributed by atoms with Gasteiger partial charge >= 0.3 is 5.97 Å². The highest BCUT2D eigenvalue weighted by atomic mass is 16.5. The molecule has 0 saturated heterocycles. The molecule has 110 valence electrons. The summed E-state index contributed by atoms with van der Waals surface area (Å²) in [6, 6.07) is 7.48. The molecule has 0 aromatic carbocycles. The number of anilines is 1. The number of carbonyl (C=O) groups is 1. The number of ether oxygens (including phenoxy) is 1. The van der Waals surface area contributed by atoms with Crippen LogP contribution in [0.2, 0.25) is 0 Å². The molecular formula is C16H19N3O2. The Hall–Kier alpha value is -2.43. The van der Waals surface area contributed by atoms with E-state index in [0.29, 0.717) is 24.5 Å². The van der Waals surface area contributed by atoms with Crippen molar-refractivity contribution in [3.8, 4) is 0 Å². The number of hydrogen-bond acceptors (Lipinski definition) is 5. The highest BCUT2D eigenvalue weighted by molar-refractivity contribution is 5.89. The Bertz CT molecular complexity index is 597. The van der Waals surface area contributed by atoms with E-state index in [0.717, 1.165) is 12.1 Å². The van der Waals surface area contributed by atoms with Crippen molar-refractivity contribution in [3.05, 3.63) is 53.5 Å². The third kappa shape index (κ3) is 4.02. The Labute approximate surface area is 124 Å². The molecule has 0 aliphatic heterocycles. The average Bonchev–Trinajstić information content (AvgIpc) is 2.54. The van der Waals surface area contributed by atoms with E-state index in [1.54, 1.807) is 25.3 Å². The molecular weight excluding hydrogens is 266 g/mol. The lowest BCUT2D eigenvalue weighted by Crippen LogP contribution is -2.08. The Morgan fingerprint density at radius 1 is 1.24 bits per heavy atom. The summed E-state index contributed by atoms with van der Waals surface area (Å²) in [7, 11) is 0. The van der Waals surface area contributed by atoms with Crippen LogP contribution in [-0.2, 0) is 17.7 Å². The Kier molecular flexibility index (Phi) is 5.26. The van der Waals surface area contributed by atoms with Gasteiger partial charge in [0.05, 0.1) is 24.4 Å². The van der Waals surface area contributed by atoms with Gasteiger partial charge in [-0.15, -0.1) is 0 Å². The van der Waals surface area contributed by atoms with Gasteiger partial charge in [-0.3, -0.25) is 4.98 Å². The van der Waals surface area contributed by atoms with E-state index >= 15 is 0 Å². The van der Waals surface area contributed by atoms with E-state index in [1.807, 2.05) is 6.07 Å². The zero-order valence-electron chi connectivity index (χ0n) is 12.3. The number of aryl methyl sites for hydroxylation is 1. The summed E-state index contributed by atoms with van der Waals surface area (Å²) < 4.78 is 4.92. The molecule has 0 radical (unpaired) electrons. The minimum Gasteiger partial charge on any atom is -0.462 e. The van der Waals surface area contributed by atoms with E-state index in [-0.39, 0.29) is 5.97 Å². The molecule has 0 amide bonds. The normalized spacial score (nSPS) is 10.2. The standard InChI is InChI=1S/C16H19N3O2/c1-3-12-6-5-9-17-14(12)11-19-15-8-7-13(10-18-15)16(20)21-4-2/h5-10H,3-4,11H2,1-2H3,(H,18,19). The molecule has 0 aliphatic rings. The first-order valence-electron chi connectivity index (χ1n) is 7.04. The molecule has 0 spiro atoms. The van der Waals surface area contributed by atoms with E-state index in [4.69, 9.17) is 4.74 Å². The average molecular weight is 285 g/mol. The SMILES string of the molecule is CCOC(=O)c1ccc(NCc2ncccc2CC)nc1. The van der Waals surface area contributed by atoms with E-state index in [9.17, 15) is 4.79 Å². The molecule has 1 N–H and O–H groups in total. The van der Waals surface area contributed by atoms with Crippen molar-refractivity contribution in [1.29, 1.82) is 0 Å². The molecule has 2 aromatic rings. The Morgan fingerprint density at radius 3 is 2.76 bits per heavy atom. The van der Waals surface area contributed by atoms with Crippen molar-refractivity contribution in [1.82, 2.24) is 9.97 Å². The van der Waals surface area contributed by atoms with Crippen LogP contribution >= 0.6 is 0 Å². The summed E-state index contributed by atoms with van der Waals surface area (Å²) in [6.07, 6.45) is 4.24. The maximum Gasteiger partial charge on any atom is 0.339 e. The highest BCUT2D eigenvalue weighted by Gasteiger charge is 2.07. The van der Waals surface area contributed by atoms with Crippen LogP contribution in [0.25, 0.3) is 0 Å². The van der Waals surface area contributed by atoms with Gasteiger partial charge < -0.3 is 10.1 Å². The fraction of sp³-hybridized carbons (Fsp3) is 0.312. The smallest absolute Gasteiger partial charge is 0.339 e. The minimum absolute atomic E-state index is 0.352. The zero-order valence-corrected chi connectivity index (χ0v) is 12.3. The van der Waals surface area contributed by atoms with Gasteiger partial charge in [-0.25, -0.2) is 9.78 Å². The van der Waals surface area contributed by atoms with Crippen LogP contribution in [0.1, 0.15) is 35.5 Å². The van der Waals surface area contributed by atoms with Gasteiger partial charge in [0.15, 0.2) is 0 Å². The van der Waals surface area contributed by atoms with E-state index < -0.39 is 0 Å². The summed E-state index contributed by atoms with van der Waals surface area (Å²) in [5.74, 6) is 0.352. The molecule has 5 nitrogen and oxygen atoms in total. The van der Waals surface area contributed by atoms with Crippen molar-refractivity contribution in [2.24, 2.45) is 0 Å². The van der Waals surface area contributed by atoms with Crippen LogP contribution in [0, 0.1) is 0 Å². The van der Waals surface area contributed by atoms with Crippen LogP contribution in [0.4, 0.5) is 5.82 Å². The van der Waals surface area contributed by atoms with Gasteiger partial charge in [0, 0.05) is 12.4 Å². The number of esters is 1. The highest BCUT2D eigenvalue weighted by Crippen LogP contribution is 2.10. The third-order valence-electron chi connectivity index (χ3n) is 3.08. The maximum atomic E-state index is 11.5. The van der Waals surface area contributed by atoms with Crippen molar-refractivity contribution in [2.45, 2.75) is 26.8 Å². The quantitative estimate of drug-likeness (QED) is 0.827. The third-order valence-corrected chi connectivity index (χ3v) is 3.08. The molecule has 0 aliphatic carbocycles. The van der Waals surface area contributed by atoms with E-state index in [1.165, 1.54) is 11.8 Å². The van der Waals surface area contributed by atoms with Gasteiger partial charge in [0.2, 0.25) is 0 Å². The zero-order chi connectivity index (χ0) is 15.1. The van der Waals surface area contributed by atoms with E-state index in [2.05, 4.69) is 28.3 Å². The Morgan fingerprint density at radius 2 is 2.10 bits per heavy atom. The second-order valence-electron chi connectivity index (χ2n) is 4.47. The van der Waals surface area contributed by atoms with Crippen LogP contribution in [-0.4, -0.2) is 22.5 Å². The second-order valence-corrected chi connectivity index (χ2v) is 4.47. The predicted octanol–water partition coefficient (Wildman–Crippen LogP) is 2.83. The van der Waals surface area contributed by atoms with Crippen molar-refractivity contribution in [2.75, 3.05) is 11.9 Å². The van der Waals surface area contributed by atoms with Crippen LogP contribution in [0.15, 0.2) is 36.7 Å². The topological polar surface area (TPSA) is 64.1 Å². The summed E-state index contributed by atoms with van der Waals surface area (Å²) in [5, 5.41) is 3.21. The molecule has 2 heterocycles. The number of nitrogens with zero attached hydrogens (tertiary/aromatic N) is 2. The second kappa shape index (κ2) is 7.38. The Balaban J connectivity index is 1.99. The molecule has 0 atom stereocenters. The molecule has 0 unspecified atom stereocenters. The molecule has 2 aromatic heterocycles. The fourth-order valence-corrected chi connectivity index (χ4v) is 1.96. The summed E-state index contributed by atoms with van der Waals surface area (Å²) >= 11 is 0. The van der Waals surface area contributed by atoms with Crippen LogP contribution < -0.4 is 5.32 Å². The van der Waals surface area contributed by atoms with Gasteiger partial charge in [0.25, 0.3) is 0 Å². The van der Waals surface area contributed by atoms with Crippen molar-refractivity contribution in [3.63, 3.8) is 0 Å². The molecule has 0 saturated carbocycles. The first kappa shape index (κ1) is 15.0. The minimum atomic E-state index is -0.352. The number of carbonyl (C=O) groups excluding carboxylic acids is 1. The van der Waals surface area contributed by atoms with Gasteiger partial charge in [-0.2, -0.15) is 0 Å². The summed E-state index contributed by atoms with van der Waals surface area (Å²) in [6.45, 7) is 4.85. The molecule has 21 heavy (non-hydrogen) atoms. The molecule has 5 heteroatoms. The largest absolute Gasteiger partial charge is 0.462 e. The number of pyridine rings is 2. The van der Waals surface area contributed by atoms with Crippen molar-refractivity contribution >= 4 is 11.8 Å². The number of hydrogen-bond donors (Lipinski definition) is 1. The van der Waals surface area contributed by atoms with Gasteiger partial charge in [0.1, 0.15) is 5.82 Å². The van der Waals surface area contributed by atoms with Crippen LogP contribution in [0.3, 0.4) is 0 Å². The number of rotatable bonds is 6. The monoisotopic (exact) mass is 285 g/mol. The lowest BCUT2D eigenvalue weighted by molar-refractivity contribution is 0.0526. The number of aromatic nitrogens is 2. The maximum absolute atomic E-state index is 11.5. The number of nitrogens with one attached hydrogen (secondary N) is 1. The lowest BCUT2D eigenvalue weighted by atomic mass is 10.1. The molecule has 2 rings (SSSR count). The molecule has 0 bridgehead atoms. The van der Waals surface area contributed by atoms with Crippen LogP contribution in [0.5, 0.6) is 0 Å². The van der Waals surface area contributed by atoms with Crippen molar-refractivity contribution < 1.29 is 9.53 Å². The predicted molar refractivity (Wildman–Crippen MR) is 81.1 cm³/mol. The first-order chi connectivity index (χ1) is 10.2. The summed E-state index contributed by atoms with van der Waals surface area (Å²) in [4.78, 5) is 20.1. The molecule has 0 fully saturated rings. The first-order valence-corrected chi connectivity index (χ1v) is 7.04. The van der Waals surface area contributed by atoms with Gasteiger partial charge in [-0.1, -0.05) is 13.0 Å². The van der Waals surface area contributed by atoms with Gasteiger partial charge in [-0.05, 0) is 37.1 Å².